The van der Waals surface area contributed by atoms with Gasteiger partial charge in [0, 0.05) is 29.5 Å². The maximum atomic E-state index is 13.9. The fraction of sp³-hybridized carbons (Fsp3) is 0.550. The van der Waals surface area contributed by atoms with Crippen LogP contribution in [-0.2, 0) is 34.2 Å². The fourth-order valence-corrected chi connectivity index (χ4v) is 8.74. The van der Waals surface area contributed by atoms with Crippen LogP contribution in [0.4, 0.5) is 18.0 Å². The number of thioether (sulfide) groups is 1. The summed E-state index contributed by atoms with van der Waals surface area (Å²) in [5.41, 5.74) is -3.53. The minimum Gasteiger partial charge on any atom is -0.542 e. The van der Waals surface area contributed by atoms with E-state index in [0.29, 0.717) is 18.1 Å². The third-order valence-corrected chi connectivity index (χ3v) is 12.2. The summed E-state index contributed by atoms with van der Waals surface area (Å²) < 4.78 is 69.6. The molecule has 4 aliphatic heterocycles. The van der Waals surface area contributed by atoms with E-state index in [0.717, 1.165) is 42.9 Å². The van der Waals surface area contributed by atoms with Crippen molar-refractivity contribution in [1.82, 2.24) is 21.3 Å². The SMILES string of the molecule is O=C(CCCCC1SCC2NC(=O)NC21)NCCOCCOCCOc1cc(C2(C(F)(F)F)N=N2)ccc1C(=O)N[C@H]1[C@H](O/C(=C\c2ccc(O)cc2)C(=O)[O-])O[C@H](CO)[C@H](O)[C@@H]1O.[K+]. The number of nitrogens with one attached hydrogen (secondary N) is 4. The number of benzene rings is 2. The molecule has 8 atom stereocenters. The molecule has 4 amide bonds. The number of carboxylic acid groups (broad SMARTS) is 1. The second-order valence-electron chi connectivity index (χ2n) is 15.1. The summed E-state index contributed by atoms with van der Waals surface area (Å²) in [6.07, 6.45) is -8.31. The van der Waals surface area contributed by atoms with Crippen LogP contribution in [-0.4, -0.2) is 150 Å². The number of fused-ring (bicyclic) bond motifs is 1. The number of carboxylic acids is 1. The van der Waals surface area contributed by atoms with Crippen molar-refractivity contribution < 1.29 is 133 Å². The molecule has 25 heteroatoms. The molecule has 2 aromatic rings. The zero-order valence-electron chi connectivity index (χ0n) is 35.0. The minimum absolute atomic E-state index is 0. The second-order valence-corrected chi connectivity index (χ2v) is 16.4. The molecule has 3 unspecified atom stereocenters. The van der Waals surface area contributed by atoms with Gasteiger partial charge in [0.25, 0.3) is 5.91 Å². The summed E-state index contributed by atoms with van der Waals surface area (Å²) in [6.45, 7) is -0.589. The number of aliphatic hydroxyl groups excluding tert-OH is 3. The first-order valence-corrected chi connectivity index (χ1v) is 21.4. The molecule has 6 rings (SSSR count). The molecule has 3 saturated heterocycles. The monoisotopic (exact) mass is 964 g/mol. The zero-order chi connectivity index (χ0) is 46.0. The number of rotatable bonds is 23. The number of phenols is 1. The first-order valence-electron chi connectivity index (χ1n) is 20.3. The van der Waals surface area contributed by atoms with Crippen LogP contribution in [0.3, 0.4) is 0 Å². The van der Waals surface area contributed by atoms with E-state index in [2.05, 4.69) is 31.5 Å². The number of phenolic OH excluding ortho intramolecular Hbond substituents is 1. The van der Waals surface area contributed by atoms with Crippen molar-refractivity contribution in [1.29, 1.82) is 0 Å². The minimum atomic E-state index is -4.92. The van der Waals surface area contributed by atoms with Crippen LogP contribution < -0.4 is 82.5 Å². The van der Waals surface area contributed by atoms with Gasteiger partial charge in [0.05, 0.1) is 50.7 Å². The summed E-state index contributed by atoms with van der Waals surface area (Å²) in [4.78, 5) is 49.6. The number of aliphatic hydroxyl groups is 3. The molecule has 4 aliphatic rings. The van der Waals surface area contributed by atoms with Crippen molar-refractivity contribution in [2.45, 2.75) is 85.5 Å². The zero-order valence-corrected chi connectivity index (χ0v) is 39.0. The summed E-state index contributed by atoms with van der Waals surface area (Å²) in [7, 11) is 0. The predicted octanol–water partition coefficient (Wildman–Crippen LogP) is -2.82. The van der Waals surface area contributed by atoms with E-state index in [1.807, 2.05) is 11.8 Å². The van der Waals surface area contributed by atoms with Gasteiger partial charge >= 0.3 is 69.3 Å². The summed E-state index contributed by atoms with van der Waals surface area (Å²) >= 11 is 1.82. The quantitative estimate of drug-likeness (QED) is 0.0183. The molecule has 8 N–H and O–H groups in total. The first-order chi connectivity index (χ1) is 30.6. The van der Waals surface area contributed by atoms with E-state index >= 15 is 0 Å². The maximum absolute atomic E-state index is 13.9. The van der Waals surface area contributed by atoms with Crippen LogP contribution in [0.25, 0.3) is 6.08 Å². The molecule has 0 radical (unpaired) electrons. The van der Waals surface area contributed by atoms with Crippen LogP contribution >= 0.6 is 11.8 Å². The number of nitrogens with zero attached hydrogens (tertiary/aromatic N) is 2. The van der Waals surface area contributed by atoms with Crippen molar-refractivity contribution >= 4 is 41.7 Å². The number of halogens is 3. The number of aromatic hydroxyl groups is 1. The summed E-state index contributed by atoms with van der Waals surface area (Å²) in [5.74, 6) is -3.58. The van der Waals surface area contributed by atoms with Crippen LogP contribution in [0, 0.1) is 0 Å². The van der Waals surface area contributed by atoms with Crippen LogP contribution in [0.15, 0.2) is 58.5 Å². The van der Waals surface area contributed by atoms with Crippen LogP contribution in [0.2, 0.25) is 0 Å². The number of amides is 4. The topological polar surface area (TPSA) is 291 Å². The van der Waals surface area contributed by atoms with Crippen molar-refractivity contribution in [2.75, 3.05) is 51.9 Å². The Balaban J connectivity index is 0.00000793. The third kappa shape index (κ3) is 13.7. The number of urea groups is 1. The standard InChI is InChI=1S/C40H49F3N6O14S.K/c41-40(42,43)39(48-49-39)22-7-10-24(35(55)46-32-34(54)33(53)28(19-50)63-37(32)62-27(36(56)57)17-21-5-8-23(51)9-6-21)26(18-22)61-16-15-60-14-13-59-12-11-44-30(52)4-2-1-3-29-31-25(20-64-29)45-38(58)47-31;/h5-10,17-18,25,28-29,31-34,37,50-51,53-54H,1-4,11-16,19-20H2,(H,44,52)(H,46,55)(H,56,57)(H2,45,47,58);/q;+1/p-1/b27-17-;/t25?,28-,29?,31?,32-,33+,34-,37-;/m1./s1. The summed E-state index contributed by atoms with van der Waals surface area (Å²) in [5, 5.41) is 70.7. The Morgan fingerprint density at radius 2 is 1.71 bits per heavy atom. The van der Waals surface area contributed by atoms with Crippen LogP contribution in [0.1, 0.15) is 47.2 Å². The Bertz CT molecular complexity index is 2030. The number of alkyl halides is 3. The Morgan fingerprint density at radius 1 is 1.00 bits per heavy atom. The molecule has 65 heavy (non-hydrogen) atoms. The summed E-state index contributed by atoms with van der Waals surface area (Å²) in [6, 6.07) is 6.41. The third-order valence-electron chi connectivity index (χ3n) is 10.6. The van der Waals surface area contributed by atoms with Gasteiger partial charge < -0.3 is 75.3 Å². The number of carbonyl (C=O) groups excluding carboxylic acids is 4. The Morgan fingerprint density at radius 3 is 2.38 bits per heavy atom. The van der Waals surface area contributed by atoms with E-state index in [1.54, 1.807) is 0 Å². The number of unbranched alkanes of at least 4 members (excludes halogenated alkanes) is 1. The van der Waals surface area contributed by atoms with E-state index in [4.69, 9.17) is 23.7 Å². The number of hydrogen-bond acceptors (Lipinski definition) is 17. The predicted molar refractivity (Wildman–Crippen MR) is 214 cm³/mol. The molecule has 2 aromatic carbocycles. The number of aliphatic carboxylic acids is 1. The van der Waals surface area contributed by atoms with Gasteiger partial charge in [-0.15, -0.1) is 10.2 Å². The Labute approximate surface area is 416 Å². The Hall–Kier alpha value is -3.60. The number of hydrogen-bond donors (Lipinski definition) is 8. The molecule has 0 bridgehead atoms. The smallest absolute Gasteiger partial charge is 0.542 e. The van der Waals surface area contributed by atoms with Gasteiger partial charge in [0.2, 0.25) is 12.2 Å². The van der Waals surface area contributed by atoms with Gasteiger partial charge in [-0.3, -0.25) is 9.59 Å². The normalized spacial score (nSPS) is 25.4. The first kappa shape index (κ1) is 52.4. The molecule has 350 valence electrons. The number of carbonyl (C=O) groups is 4. The van der Waals surface area contributed by atoms with E-state index < -0.39 is 78.0 Å². The van der Waals surface area contributed by atoms with E-state index in [1.165, 1.54) is 24.3 Å². The van der Waals surface area contributed by atoms with Gasteiger partial charge in [0.1, 0.15) is 54.2 Å². The van der Waals surface area contributed by atoms with Gasteiger partial charge in [-0.2, -0.15) is 24.9 Å². The van der Waals surface area contributed by atoms with Gasteiger partial charge in [-0.25, -0.2) is 4.79 Å². The number of ether oxygens (including phenoxy) is 5. The molecular weight excluding hydrogens is 917 g/mol. The molecule has 0 spiro atoms. The van der Waals surface area contributed by atoms with E-state index in [-0.39, 0.29) is 132 Å². The van der Waals surface area contributed by atoms with Crippen molar-refractivity contribution in [2.24, 2.45) is 10.2 Å². The fourth-order valence-electron chi connectivity index (χ4n) is 7.20. The van der Waals surface area contributed by atoms with Crippen molar-refractivity contribution in [3.8, 4) is 11.5 Å². The largest absolute Gasteiger partial charge is 1.00 e. The van der Waals surface area contributed by atoms with Crippen molar-refractivity contribution in [3.63, 3.8) is 0 Å². The molecule has 3 fully saturated rings. The van der Waals surface area contributed by atoms with Gasteiger partial charge in [-0.1, -0.05) is 24.6 Å². The average Bonchev–Trinajstić information content (AvgIpc) is 3.90. The molecule has 4 heterocycles. The van der Waals surface area contributed by atoms with Gasteiger partial charge in [0.15, 0.2) is 0 Å². The maximum Gasteiger partial charge on any atom is 1.00 e. The molecule has 0 saturated carbocycles. The molecule has 0 aliphatic carbocycles. The van der Waals surface area contributed by atoms with Crippen LogP contribution in [0.5, 0.6) is 11.5 Å². The molecular formula is C40H48F3KN6O14S. The Kier molecular flexibility index (Phi) is 19.3. The molecule has 0 aromatic heterocycles. The van der Waals surface area contributed by atoms with E-state index in [9.17, 15) is 57.9 Å². The second kappa shape index (κ2) is 23.9. The average molecular weight is 965 g/mol. The molecule has 20 nitrogen and oxygen atoms in total. The van der Waals surface area contributed by atoms with Gasteiger partial charge in [-0.05, 0) is 48.7 Å². The van der Waals surface area contributed by atoms with Crippen molar-refractivity contribution in [3.05, 3.63) is 64.9 Å².